The van der Waals surface area contributed by atoms with E-state index in [9.17, 15) is 9.59 Å². The molecule has 0 fully saturated rings. The lowest BCUT2D eigenvalue weighted by atomic mass is 10.0. The highest BCUT2D eigenvalue weighted by Crippen LogP contribution is 2.34. The number of rotatable bonds is 9. The van der Waals surface area contributed by atoms with Gasteiger partial charge in [0.1, 0.15) is 18.1 Å². The molecule has 2 aromatic heterocycles. The summed E-state index contributed by atoms with van der Waals surface area (Å²) in [4.78, 5) is 33.8. The fourth-order valence-corrected chi connectivity index (χ4v) is 4.62. The highest BCUT2D eigenvalue weighted by atomic mass is 16.2. The SMILES string of the molecule is CC(C)CCNC(=O)C(c1ccncc1)N(C(=O)Cn1nnc2ccccc21)c1cccc2ccccc12. The van der Waals surface area contributed by atoms with Crippen LogP contribution in [0.5, 0.6) is 0 Å². The summed E-state index contributed by atoms with van der Waals surface area (Å²) in [7, 11) is 0. The molecule has 8 heteroatoms. The van der Waals surface area contributed by atoms with Crippen LogP contribution < -0.4 is 10.2 Å². The van der Waals surface area contributed by atoms with Crippen LogP contribution in [-0.4, -0.2) is 38.3 Å². The highest BCUT2D eigenvalue weighted by molar-refractivity contribution is 6.08. The second-order valence-electron chi connectivity index (χ2n) is 9.65. The molecule has 1 atom stereocenters. The lowest BCUT2D eigenvalue weighted by Crippen LogP contribution is -2.45. The van der Waals surface area contributed by atoms with Gasteiger partial charge < -0.3 is 5.32 Å². The first-order valence-electron chi connectivity index (χ1n) is 12.8. The van der Waals surface area contributed by atoms with E-state index in [4.69, 9.17) is 0 Å². The number of para-hydroxylation sites is 1. The van der Waals surface area contributed by atoms with Gasteiger partial charge in [0.2, 0.25) is 11.8 Å². The molecule has 0 bridgehead atoms. The van der Waals surface area contributed by atoms with E-state index in [-0.39, 0.29) is 18.4 Å². The standard InChI is InChI=1S/C30H30N6O2/c1-21(2)14-19-32-30(38)29(23-15-17-31-18-16-23)36(26-13-7-9-22-8-3-4-10-24(22)26)28(37)20-35-27-12-6-5-11-25(27)33-34-35/h3-13,15-18,21,29H,14,19-20H2,1-2H3,(H,32,38). The zero-order valence-electron chi connectivity index (χ0n) is 21.5. The van der Waals surface area contributed by atoms with Crippen LogP contribution in [0.3, 0.4) is 0 Å². The van der Waals surface area contributed by atoms with Crippen molar-refractivity contribution in [2.24, 2.45) is 5.92 Å². The van der Waals surface area contributed by atoms with E-state index in [1.54, 1.807) is 34.1 Å². The average Bonchev–Trinajstić information content (AvgIpc) is 3.34. The third-order valence-electron chi connectivity index (χ3n) is 6.55. The van der Waals surface area contributed by atoms with Crippen molar-refractivity contribution in [3.8, 4) is 0 Å². The maximum Gasteiger partial charge on any atom is 0.249 e. The number of carbonyl (C=O) groups excluding carboxylic acids is 2. The third-order valence-corrected chi connectivity index (χ3v) is 6.55. The van der Waals surface area contributed by atoms with Crippen LogP contribution in [0.4, 0.5) is 5.69 Å². The van der Waals surface area contributed by atoms with Crippen molar-refractivity contribution in [2.45, 2.75) is 32.9 Å². The summed E-state index contributed by atoms with van der Waals surface area (Å²) >= 11 is 0. The summed E-state index contributed by atoms with van der Waals surface area (Å²) in [5.41, 5.74) is 2.78. The minimum atomic E-state index is -0.904. The zero-order chi connectivity index (χ0) is 26.5. The fourth-order valence-electron chi connectivity index (χ4n) is 4.62. The molecule has 5 rings (SSSR count). The summed E-state index contributed by atoms with van der Waals surface area (Å²) in [6, 6.07) is 23.8. The summed E-state index contributed by atoms with van der Waals surface area (Å²) in [5.74, 6) is -0.0921. The number of pyridine rings is 1. The number of nitrogens with zero attached hydrogens (tertiary/aromatic N) is 5. The van der Waals surface area contributed by atoms with E-state index in [0.717, 1.165) is 22.7 Å². The van der Waals surface area contributed by atoms with Gasteiger partial charge in [-0.1, -0.05) is 67.6 Å². The molecule has 0 aliphatic heterocycles. The Morgan fingerprint density at radius 2 is 1.66 bits per heavy atom. The number of amides is 2. The number of aromatic nitrogens is 4. The van der Waals surface area contributed by atoms with Gasteiger partial charge in [-0.15, -0.1) is 5.10 Å². The summed E-state index contributed by atoms with van der Waals surface area (Å²) < 4.78 is 1.58. The molecule has 0 saturated heterocycles. The van der Waals surface area contributed by atoms with Gasteiger partial charge in [-0.3, -0.25) is 19.5 Å². The van der Waals surface area contributed by atoms with Gasteiger partial charge in [-0.2, -0.15) is 0 Å². The number of hydrogen-bond donors (Lipinski definition) is 1. The first-order valence-corrected chi connectivity index (χ1v) is 12.8. The number of nitrogens with one attached hydrogen (secondary N) is 1. The van der Waals surface area contributed by atoms with E-state index >= 15 is 0 Å². The van der Waals surface area contributed by atoms with E-state index in [2.05, 4.69) is 34.5 Å². The normalized spacial score (nSPS) is 12.1. The molecule has 8 nitrogen and oxygen atoms in total. The molecule has 192 valence electrons. The number of carbonyl (C=O) groups is 2. The van der Waals surface area contributed by atoms with Crippen LogP contribution in [0.25, 0.3) is 21.8 Å². The fraction of sp³-hybridized carbons (Fsp3) is 0.233. The van der Waals surface area contributed by atoms with Crippen LogP contribution in [0, 0.1) is 5.92 Å². The van der Waals surface area contributed by atoms with Gasteiger partial charge in [0, 0.05) is 24.3 Å². The number of benzene rings is 3. The Morgan fingerprint density at radius 1 is 0.921 bits per heavy atom. The first-order chi connectivity index (χ1) is 18.5. The van der Waals surface area contributed by atoms with Crippen molar-refractivity contribution in [3.05, 3.63) is 96.8 Å². The quantitative estimate of drug-likeness (QED) is 0.306. The number of hydrogen-bond acceptors (Lipinski definition) is 5. The topological polar surface area (TPSA) is 93.0 Å². The van der Waals surface area contributed by atoms with Gasteiger partial charge in [0.25, 0.3) is 0 Å². The maximum atomic E-state index is 14.2. The predicted molar refractivity (Wildman–Crippen MR) is 148 cm³/mol. The Kier molecular flexibility index (Phi) is 7.40. The molecule has 0 aliphatic carbocycles. The Bertz CT molecular complexity index is 1560. The molecule has 1 N–H and O–H groups in total. The van der Waals surface area contributed by atoms with E-state index in [1.165, 1.54) is 0 Å². The first kappa shape index (κ1) is 25.1. The molecule has 2 heterocycles. The van der Waals surface area contributed by atoms with Crippen LogP contribution in [0.2, 0.25) is 0 Å². The van der Waals surface area contributed by atoms with E-state index < -0.39 is 6.04 Å². The molecule has 0 saturated carbocycles. The molecule has 2 amide bonds. The molecule has 38 heavy (non-hydrogen) atoms. The smallest absolute Gasteiger partial charge is 0.249 e. The van der Waals surface area contributed by atoms with E-state index in [0.29, 0.717) is 29.2 Å². The predicted octanol–water partition coefficient (Wildman–Crippen LogP) is 4.92. The Labute approximate surface area is 221 Å². The van der Waals surface area contributed by atoms with Crippen LogP contribution in [0.15, 0.2) is 91.3 Å². The van der Waals surface area contributed by atoms with Gasteiger partial charge in [-0.05, 0) is 53.6 Å². The lowest BCUT2D eigenvalue weighted by Gasteiger charge is -2.32. The molecule has 5 aromatic rings. The summed E-state index contributed by atoms with van der Waals surface area (Å²) in [6.07, 6.45) is 4.11. The molecule has 0 radical (unpaired) electrons. The zero-order valence-corrected chi connectivity index (χ0v) is 21.5. The molecule has 1 unspecified atom stereocenters. The van der Waals surface area contributed by atoms with Crippen molar-refractivity contribution in [1.29, 1.82) is 0 Å². The maximum absolute atomic E-state index is 14.2. The van der Waals surface area contributed by atoms with Gasteiger partial charge in [0.15, 0.2) is 0 Å². The van der Waals surface area contributed by atoms with E-state index in [1.807, 2.05) is 66.7 Å². The summed E-state index contributed by atoms with van der Waals surface area (Å²) in [6.45, 7) is 4.66. The second-order valence-corrected chi connectivity index (χ2v) is 9.65. The van der Waals surface area contributed by atoms with Gasteiger partial charge in [0.05, 0.1) is 11.2 Å². The highest BCUT2D eigenvalue weighted by Gasteiger charge is 2.34. The minimum absolute atomic E-state index is 0.0788. The van der Waals surface area contributed by atoms with Gasteiger partial charge in [-0.25, -0.2) is 4.68 Å². The molecule has 0 spiro atoms. The summed E-state index contributed by atoms with van der Waals surface area (Å²) in [5, 5.41) is 13.3. The second kappa shape index (κ2) is 11.2. The van der Waals surface area contributed by atoms with Crippen LogP contribution in [-0.2, 0) is 16.1 Å². The number of anilines is 1. The van der Waals surface area contributed by atoms with Crippen molar-refractivity contribution in [1.82, 2.24) is 25.3 Å². The minimum Gasteiger partial charge on any atom is -0.354 e. The van der Waals surface area contributed by atoms with Crippen molar-refractivity contribution < 1.29 is 9.59 Å². The number of fused-ring (bicyclic) bond motifs is 2. The Hall–Kier alpha value is -4.59. The lowest BCUT2D eigenvalue weighted by molar-refractivity contribution is -0.127. The average molecular weight is 507 g/mol. The van der Waals surface area contributed by atoms with Crippen molar-refractivity contribution in [3.63, 3.8) is 0 Å². The molecule has 0 aliphatic rings. The molecular formula is C30H30N6O2. The molecule has 3 aromatic carbocycles. The van der Waals surface area contributed by atoms with Gasteiger partial charge >= 0.3 is 0 Å². The monoisotopic (exact) mass is 506 g/mol. The largest absolute Gasteiger partial charge is 0.354 e. The Morgan fingerprint density at radius 3 is 2.47 bits per heavy atom. The third kappa shape index (κ3) is 5.25. The van der Waals surface area contributed by atoms with Crippen molar-refractivity contribution >= 4 is 39.3 Å². The van der Waals surface area contributed by atoms with Crippen LogP contribution in [0.1, 0.15) is 31.9 Å². The van der Waals surface area contributed by atoms with Crippen molar-refractivity contribution in [2.75, 3.05) is 11.4 Å². The molecular weight excluding hydrogens is 476 g/mol. The van der Waals surface area contributed by atoms with Crippen LogP contribution >= 0.6 is 0 Å². The Balaban J connectivity index is 1.62.